The van der Waals surface area contributed by atoms with Crippen molar-refractivity contribution in [1.82, 2.24) is 10.2 Å². The summed E-state index contributed by atoms with van der Waals surface area (Å²) in [6.07, 6.45) is 2.01. The van der Waals surface area contributed by atoms with Gasteiger partial charge in [0.25, 0.3) is 0 Å². The van der Waals surface area contributed by atoms with Gasteiger partial charge in [-0.25, -0.2) is 4.79 Å². The van der Waals surface area contributed by atoms with Crippen LogP contribution >= 0.6 is 0 Å². The number of hydrogen-bond donors (Lipinski definition) is 1. The molecule has 0 spiro atoms. The van der Waals surface area contributed by atoms with Gasteiger partial charge < -0.3 is 24.4 Å². The van der Waals surface area contributed by atoms with E-state index in [1.54, 1.807) is 19.1 Å². The van der Waals surface area contributed by atoms with Crippen LogP contribution in [0.4, 0.5) is 4.79 Å². The van der Waals surface area contributed by atoms with Crippen molar-refractivity contribution in [2.24, 2.45) is 11.8 Å². The molecule has 0 aliphatic carbocycles. The van der Waals surface area contributed by atoms with Gasteiger partial charge in [0.15, 0.2) is 0 Å². The molecule has 27 heavy (non-hydrogen) atoms. The maximum atomic E-state index is 11.9. The summed E-state index contributed by atoms with van der Waals surface area (Å²) in [6.45, 7) is 17.8. The lowest BCUT2D eigenvalue weighted by atomic mass is 9.90. The quantitative estimate of drug-likeness (QED) is 0.798. The molecular weight excluding hydrogens is 344 g/mol. The lowest BCUT2D eigenvalue weighted by molar-refractivity contribution is -0.0257. The molecule has 0 saturated carbocycles. The van der Waals surface area contributed by atoms with Crippen LogP contribution in [-0.2, 0) is 14.2 Å². The van der Waals surface area contributed by atoms with Crippen molar-refractivity contribution in [3.63, 3.8) is 0 Å². The Morgan fingerprint density at radius 2 is 1.48 bits per heavy atom. The number of rotatable bonds is 4. The van der Waals surface area contributed by atoms with Crippen molar-refractivity contribution in [1.29, 1.82) is 0 Å². The van der Waals surface area contributed by atoms with E-state index in [0.29, 0.717) is 11.8 Å². The molecule has 2 unspecified atom stereocenters. The second-order valence-electron chi connectivity index (χ2n) is 9.72. The van der Waals surface area contributed by atoms with Crippen LogP contribution < -0.4 is 5.32 Å². The van der Waals surface area contributed by atoms with Crippen LogP contribution in [0, 0.1) is 11.8 Å². The topological polar surface area (TPSA) is 60.0 Å². The molecule has 6 nitrogen and oxygen atoms in total. The number of hydrogen-bond acceptors (Lipinski definition) is 5. The first kappa shape index (κ1) is 24.2. The van der Waals surface area contributed by atoms with Gasteiger partial charge in [0.05, 0.1) is 11.2 Å². The second kappa shape index (κ2) is 9.57. The van der Waals surface area contributed by atoms with E-state index in [2.05, 4.69) is 33.0 Å². The zero-order valence-corrected chi connectivity index (χ0v) is 19.0. The standard InChI is InChI=1S/C13H25NO3.C8H17NO/c1-12(2,3)17-11(15)14-8-7-10(9-14)13(4,5)16-6;1-8(2,10-3)7-4-5-9-6-7/h10H,7-9H2,1-6H3;7,9H,4-6H2,1-3H3. The molecule has 0 aromatic carbocycles. The van der Waals surface area contributed by atoms with Gasteiger partial charge >= 0.3 is 6.09 Å². The fraction of sp³-hybridized carbons (Fsp3) is 0.952. The van der Waals surface area contributed by atoms with E-state index in [9.17, 15) is 4.79 Å². The molecule has 2 rings (SSSR count). The predicted octanol–water partition coefficient (Wildman–Crippen LogP) is 3.69. The first-order valence-electron chi connectivity index (χ1n) is 10.1. The molecule has 2 atom stereocenters. The SMILES string of the molecule is COC(C)(C)C1CCN(C(=O)OC(C)(C)C)C1.COC(C)(C)C1CCNC1. The van der Waals surface area contributed by atoms with Crippen LogP contribution in [0.5, 0.6) is 0 Å². The van der Waals surface area contributed by atoms with Crippen LogP contribution in [0.1, 0.15) is 61.3 Å². The van der Waals surface area contributed by atoms with E-state index >= 15 is 0 Å². The molecule has 2 saturated heterocycles. The molecule has 2 fully saturated rings. The summed E-state index contributed by atoms with van der Waals surface area (Å²) in [5.41, 5.74) is -0.549. The number of carbonyl (C=O) groups is 1. The van der Waals surface area contributed by atoms with Gasteiger partial charge in [-0.2, -0.15) is 0 Å². The second-order valence-corrected chi connectivity index (χ2v) is 9.72. The minimum Gasteiger partial charge on any atom is -0.444 e. The molecule has 2 heterocycles. The minimum atomic E-state index is -0.425. The van der Waals surface area contributed by atoms with Crippen molar-refractivity contribution in [3.8, 4) is 0 Å². The highest BCUT2D eigenvalue weighted by Crippen LogP contribution is 2.30. The average molecular weight is 387 g/mol. The lowest BCUT2D eigenvalue weighted by Crippen LogP contribution is -2.39. The number of nitrogens with one attached hydrogen (secondary N) is 1. The normalized spacial score (nSPS) is 23.8. The highest BCUT2D eigenvalue weighted by atomic mass is 16.6. The van der Waals surface area contributed by atoms with Crippen molar-refractivity contribution in [2.75, 3.05) is 40.4 Å². The summed E-state index contributed by atoms with van der Waals surface area (Å²) in [5, 5.41) is 3.33. The third kappa shape index (κ3) is 7.59. The summed E-state index contributed by atoms with van der Waals surface area (Å²) in [7, 11) is 3.51. The first-order chi connectivity index (χ1) is 12.3. The van der Waals surface area contributed by atoms with Crippen LogP contribution in [-0.4, -0.2) is 68.2 Å². The Kier molecular flexibility index (Phi) is 8.57. The molecule has 6 heteroatoms. The maximum absolute atomic E-state index is 11.9. The van der Waals surface area contributed by atoms with E-state index in [-0.39, 0.29) is 17.3 Å². The Bertz CT molecular complexity index is 465. The molecule has 0 bridgehead atoms. The van der Waals surface area contributed by atoms with Crippen LogP contribution in [0.15, 0.2) is 0 Å². The molecule has 0 aromatic rings. The average Bonchev–Trinajstić information content (AvgIpc) is 3.25. The Hall–Kier alpha value is -0.850. The summed E-state index contributed by atoms with van der Waals surface area (Å²) < 4.78 is 16.2. The number of likely N-dealkylation sites (tertiary alicyclic amines) is 1. The van der Waals surface area contributed by atoms with Crippen molar-refractivity contribution in [3.05, 3.63) is 0 Å². The van der Waals surface area contributed by atoms with Gasteiger partial charge in [-0.15, -0.1) is 0 Å². The van der Waals surface area contributed by atoms with E-state index < -0.39 is 5.60 Å². The largest absolute Gasteiger partial charge is 0.444 e. The summed E-state index contributed by atoms with van der Waals surface area (Å²) in [5.74, 6) is 1.07. The zero-order valence-electron chi connectivity index (χ0n) is 19.0. The highest BCUT2D eigenvalue weighted by molar-refractivity contribution is 5.68. The van der Waals surface area contributed by atoms with Crippen molar-refractivity contribution < 1.29 is 19.0 Å². The van der Waals surface area contributed by atoms with E-state index in [4.69, 9.17) is 14.2 Å². The summed E-state index contributed by atoms with van der Waals surface area (Å²) >= 11 is 0. The third-order valence-corrected chi connectivity index (χ3v) is 5.92. The lowest BCUT2D eigenvalue weighted by Gasteiger charge is -2.30. The zero-order chi connectivity index (χ0) is 20.9. The van der Waals surface area contributed by atoms with Gasteiger partial charge in [0.2, 0.25) is 0 Å². The molecule has 1 amide bonds. The Morgan fingerprint density at radius 3 is 1.93 bits per heavy atom. The first-order valence-corrected chi connectivity index (χ1v) is 10.1. The number of ether oxygens (including phenoxy) is 3. The molecule has 0 aromatic heterocycles. The fourth-order valence-electron chi connectivity index (χ4n) is 3.40. The van der Waals surface area contributed by atoms with Crippen LogP contribution in [0.25, 0.3) is 0 Å². The molecule has 160 valence electrons. The third-order valence-electron chi connectivity index (χ3n) is 5.92. The minimum absolute atomic E-state index is 0.0590. The van der Waals surface area contributed by atoms with Gasteiger partial charge in [-0.05, 0) is 67.9 Å². The Balaban J connectivity index is 0.000000309. The van der Waals surface area contributed by atoms with Crippen molar-refractivity contribution >= 4 is 6.09 Å². The van der Waals surface area contributed by atoms with Crippen LogP contribution in [0.3, 0.4) is 0 Å². The molecular formula is C21H42N2O4. The van der Waals surface area contributed by atoms with E-state index in [1.165, 1.54) is 6.42 Å². The molecule has 2 aliphatic heterocycles. The monoisotopic (exact) mass is 386 g/mol. The van der Waals surface area contributed by atoms with E-state index in [1.807, 2.05) is 20.8 Å². The molecule has 1 N–H and O–H groups in total. The van der Waals surface area contributed by atoms with Gasteiger partial charge in [-0.3, -0.25) is 0 Å². The summed E-state index contributed by atoms with van der Waals surface area (Å²) in [6, 6.07) is 0. The number of nitrogens with zero attached hydrogens (tertiary/aromatic N) is 1. The highest BCUT2D eigenvalue weighted by Gasteiger charge is 2.38. The maximum Gasteiger partial charge on any atom is 0.410 e. The molecule has 0 radical (unpaired) electrons. The van der Waals surface area contributed by atoms with Gasteiger partial charge in [0, 0.05) is 45.7 Å². The summed E-state index contributed by atoms with van der Waals surface area (Å²) in [4.78, 5) is 13.7. The number of methoxy groups -OCH3 is 2. The Labute approximate surface area is 166 Å². The Morgan fingerprint density at radius 1 is 0.926 bits per heavy atom. The van der Waals surface area contributed by atoms with Crippen LogP contribution in [0.2, 0.25) is 0 Å². The van der Waals surface area contributed by atoms with Gasteiger partial charge in [0.1, 0.15) is 5.60 Å². The predicted molar refractivity (Wildman–Crippen MR) is 109 cm³/mol. The number of carbonyl (C=O) groups excluding carboxylic acids is 1. The number of amides is 1. The van der Waals surface area contributed by atoms with Crippen molar-refractivity contribution in [2.45, 2.75) is 78.1 Å². The fourth-order valence-corrected chi connectivity index (χ4v) is 3.40. The smallest absolute Gasteiger partial charge is 0.410 e. The van der Waals surface area contributed by atoms with Gasteiger partial charge in [-0.1, -0.05) is 0 Å². The van der Waals surface area contributed by atoms with E-state index in [0.717, 1.165) is 32.6 Å². The molecule has 2 aliphatic rings.